The van der Waals surface area contributed by atoms with Crippen LogP contribution in [0.25, 0.3) is 0 Å². The number of hydrogen-bond donors (Lipinski definition) is 9. The van der Waals surface area contributed by atoms with Crippen molar-refractivity contribution in [2.24, 2.45) is 23.3 Å². The molecule has 70 heavy (non-hydrogen) atoms. The molecule has 0 bridgehead atoms. The number of nitrogens with two attached hydrogens (primary N) is 2. The second-order valence-electron chi connectivity index (χ2n) is 18.7. The number of nitrogens with zero attached hydrogens (tertiary/aromatic N) is 2. The molecule has 4 heterocycles. The molecule has 1 aromatic carbocycles. The van der Waals surface area contributed by atoms with Gasteiger partial charge in [0.15, 0.2) is 5.82 Å². The average molecular weight is 979 g/mol. The Kier molecular flexibility index (Phi) is 20.0. The number of ether oxygens (including phenoxy) is 4. The van der Waals surface area contributed by atoms with Crippen molar-refractivity contribution in [1.29, 1.82) is 0 Å². The highest BCUT2D eigenvalue weighted by Gasteiger charge is 2.58. The highest BCUT2D eigenvalue weighted by atomic mass is 16.6. The lowest BCUT2D eigenvalue weighted by Crippen LogP contribution is -2.51. The van der Waals surface area contributed by atoms with Crippen LogP contribution in [0.15, 0.2) is 64.7 Å². The maximum atomic E-state index is 13.2. The Labute approximate surface area is 407 Å². The topological polar surface area (TPSA) is 326 Å². The van der Waals surface area contributed by atoms with Crippen LogP contribution in [0, 0.1) is 18.8 Å². The van der Waals surface area contributed by atoms with Crippen molar-refractivity contribution < 1.29 is 57.3 Å². The van der Waals surface area contributed by atoms with E-state index in [4.69, 9.17) is 34.9 Å². The van der Waals surface area contributed by atoms with Crippen molar-refractivity contribution in [3.8, 4) is 0 Å². The molecular formula is C48H70N10O12. The molecule has 0 aliphatic carbocycles. The largest absolute Gasteiger partial charge is 0.443 e. The van der Waals surface area contributed by atoms with Crippen molar-refractivity contribution in [2.75, 3.05) is 18.5 Å². The molecule has 22 nitrogen and oxygen atoms in total. The predicted octanol–water partition coefficient (Wildman–Crippen LogP) is 2.72. The van der Waals surface area contributed by atoms with Crippen LogP contribution in [-0.4, -0.2) is 118 Å². The number of aromatic nitrogens is 2. The predicted molar refractivity (Wildman–Crippen MR) is 255 cm³/mol. The van der Waals surface area contributed by atoms with E-state index >= 15 is 0 Å². The zero-order valence-electron chi connectivity index (χ0n) is 40.9. The van der Waals surface area contributed by atoms with Gasteiger partial charge in [-0.1, -0.05) is 74.9 Å². The summed E-state index contributed by atoms with van der Waals surface area (Å²) in [6, 6.07) is 3.83. The van der Waals surface area contributed by atoms with E-state index in [2.05, 4.69) is 55.3 Å². The Balaban J connectivity index is 1.02. The molecular weight excluding hydrogens is 909 g/mol. The van der Waals surface area contributed by atoms with E-state index in [0.29, 0.717) is 42.4 Å². The molecule has 2 aromatic rings. The molecule has 3 aliphatic heterocycles. The molecule has 1 spiro atoms. The van der Waals surface area contributed by atoms with Crippen molar-refractivity contribution in [2.45, 2.75) is 154 Å². The lowest BCUT2D eigenvalue weighted by atomic mass is 9.87. The summed E-state index contributed by atoms with van der Waals surface area (Å²) in [6.45, 7) is 13.5. The summed E-state index contributed by atoms with van der Waals surface area (Å²) in [5.41, 5.74) is 16.7. The van der Waals surface area contributed by atoms with Gasteiger partial charge in [0.2, 0.25) is 29.5 Å². The van der Waals surface area contributed by atoms with Gasteiger partial charge in [-0.2, -0.15) is 4.98 Å². The number of anilines is 1. The van der Waals surface area contributed by atoms with Gasteiger partial charge in [0.1, 0.15) is 30.5 Å². The second kappa shape index (κ2) is 25.6. The van der Waals surface area contributed by atoms with Crippen LogP contribution in [-0.2, 0) is 44.7 Å². The molecule has 384 valence electrons. The number of carbonyl (C=O) groups excluding carboxylic acids is 6. The van der Waals surface area contributed by atoms with Crippen molar-refractivity contribution in [3.05, 3.63) is 77.5 Å². The lowest BCUT2D eigenvalue weighted by molar-refractivity contribution is -0.145. The van der Waals surface area contributed by atoms with Crippen LogP contribution >= 0.6 is 0 Å². The van der Waals surface area contributed by atoms with Crippen LogP contribution < -0.4 is 43.6 Å². The molecule has 11 atom stereocenters. The molecule has 1 aromatic heterocycles. The van der Waals surface area contributed by atoms with Crippen LogP contribution in [0.1, 0.15) is 103 Å². The summed E-state index contributed by atoms with van der Waals surface area (Å²) in [6.07, 6.45) is 7.46. The molecule has 22 heteroatoms. The minimum absolute atomic E-state index is 0.0697. The Morgan fingerprint density at radius 1 is 1.03 bits per heavy atom. The highest BCUT2D eigenvalue weighted by molar-refractivity contribution is 5.98. The van der Waals surface area contributed by atoms with Crippen molar-refractivity contribution in [1.82, 2.24) is 36.9 Å². The maximum absolute atomic E-state index is 13.2. The van der Waals surface area contributed by atoms with Gasteiger partial charge in [0.05, 0.1) is 43.4 Å². The first-order chi connectivity index (χ1) is 33.2. The minimum Gasteiger partial charge on any atom is -0.443 e. The Hall–Kier alpha value is -6.20. The van der Waals surface area contributed by atoms with E-state index in [1.165, 1.54) is 6.08 Å². The maximum Gasteiger partial charge on any atom is 0.426 e. The first-order valence-electron chi connectivity index (χ1n) is 23.7. The van der Waals surface area contributed by atoms with Crippen molar-refractivity contribution >= 4 is 41.4 Å². The van der Waals surface area contributed by atoms with Gasteiger partial charge in [-0.15, -0.1) is 0 Å². The number of rotatable bonds is 21. The second-order valence-corrected chi connectivity index (χ2v) is 18.7. The van der Waals surface area contributed by atoms with E-state index in [-0.39, 0.29) is 74.3 Å². The van der Waals surface area contributed by atoms with Crippen LogP contribution in [0.2, 0.25) is 0 Å². The van der Waals surface area contributed by atoms with Crippen LogP contribution in [0.3, 0.4) is 0 Å². The fourth-order valence-corrected chi connectivity index (χ4v) is 8.01. The van der Waals surface area contributed by atoms with Gasteiger partial charge < -0.3 is 61.3 Å². The summed E-state index contributed by atoms with van der Waals surface area (Å²) in [5.74, 6) is -0.937. The van der Waals surface area contributed by atoms with Gasteiger partial charge in [-0.3, -0.25) is 24.6 Å². The van der Waals surface area contributed by atoms with Crippen LogP contribution in [0.4, 0.5) is 15.3 Å². The first kappa shape index (κ1) is 54.7. The molecule has 5 rings (SSSR count). The summed E-state index contributed by atoms with van der Waals surface area (Å²) >= 11 is 0. The van der Waals surface area contributed by atoms with Gasteiger partial charge in [-0.25, -0.2) is 15.0 Å². The number of nitrogens with one attached hydrogen (secondary N) is 6. The number of aliphatic hydroxyl groups is 1. The van der Waals surface area contributed by atoms with E-state index in [0.717, 1.165) is 12.0 Å². The highest BCUT2D eigenvalue weighted by Crippen LogP contribution is 2.43. The summed E-state index contributed by atoms with van der Waals surface area (Å²) in [7, 11) is 0. The van der Waals surface area contributed by atoms with E-state index in [1.807, 2.05) is 26.8 Å². The van der Waals surface area contributed by atoms with Gasteiger partial charge in [0, 0.05) is 31.5 Å². The molecule has 7 amide bonds. The molecule has 0 radical (unpaired) electrons. The Morgan fingerprint density at radius 2 is 1.76 bits per heavy atom. The number of epoxide rings is 1. The molecule has 3 saturated heterocycles. The first-order valence-corrected chi connectivity index (χ1v) is 23.7. The zero-order chi connectivity index (χ0) is 51.1. The Morgan fingerprint density at radius 3 is 2.41 bits per heavy atom. The third kappa shape index (κ3) is 16.7. The van der Waals surface area contributed by atoms with Gasteiger partial charge in [-0.05, 0) is 75.1 Å². The standard InChI is InChI=1S/C48H70N10O12/c1-26(2)41(49)45(63)55-35(9-8-20-51-46(50)64)44(62)53-33-15-13-32(14-16-33)24-66-47(65)57-56-40(60)22-34-23-48(25-67-48)42(61)38(69-34)18-11-27(3)10-17-37-29(5)21-36(30(6)68-37)54-39(59)19-12-28(4)43-52-31(7)70-58-43/h10-16,18-19,26,28-30,34-38,41-42,61H,8-9,17,20-25,49H2,1-7H3,(H,53,62)(H,54,59)(H,55,63)(H,56,60)(H,57,65)(H3,50,51,64)/b18-11+,19-12-,27-10+/t28-,29-,30+,34+,35-,36+,37-,38+,41-,42+,48+/m0/s1. The quantitative estimate of drug-likeness (QED) is 0.0286. The monoisotopic (exact) mass is 979 g/mol. The number of allylic oxidation sites excluding steroid dienone is 3. The molecule has 3 aliphatic rings. The van der Waals surface area contributed by atoms with E-state index in [1.54, 1.807) is 57.2 Å². The summed E-state index contributed by atoms with van der Waals surface area (Å²) in [4.78, 5) is 79.2. The SMILES string of the molecule is CC(/C=C/[C@H]1O[C@H](CC(=O)NNC(=O)OCc2ccc(NC(=O)[C@H](CCCNC(N)=O)NC(=O)[C@@H](N)C(C)C)cc2)C[C@@]2(CO2)[C@@H]1O)=C\C[C@@H]1O[C@H](C)[C@H](NC(=O)/C=C\[C@H](C)c2noc(C)n2)C[C@@H]1C. The number of benzene rings is 1. The molecule has 0 unspecified atom stereocenters. The third-order valence-corrected chi connectivity index (χ3v) is 12.5. The number of urea groups is 1. The lowest BCUT2D eigenvalue weighted by Gasteiger charge is -2.39. The molecule has 3 fully saturated rings. The summed E-state index contributed by atoms with van der Waals surface area (Å²) < 4.78 is 28.5. The molecule has 0 saturated carbocycles. The average Bonchev–Trinajstić information content (AvgIpc) is 3.95. The number of carbonyl (C=O) groups is 6. The number of aryl methyl sites for hydroxylation is 1. The normalized spacial score (nSPS) is 25.7. The third-order valence-electron chi connectivity index (χ3n) is 12.5. The van der Waals surface area contributed by atoms with Gasteiger partial charge >= 0.3 is 12.1 Å². The number of amides is 7. The van der Waals surface area contributed by atoms with Gasteiger partial charge in [0.25, 0.3) is 0 Å². The number of aliphatic hydroxyl groups excluding tert-OH is 1. The van der Waals surface area contributed by atoms with Crippen LogP contribution in [0.5, 0.6) is 0 Å². The van der Waals surface area contributed by atoms with E-state index in [9.17, 15) is 33.9 Å². The Bertz CT molecular complexity index is 2210. The number of hydrogen-bond acceptors (Lipinski definition) is 15. The summed E-state index contributed by atoms with van der Waals surface area (Å²) in [5, 5.41) is 26.0. The fourth-order valence-electron chi connectivity index (χ4n) is 8.01. The van der Waals surface area contributed by atoms with E-state index < -0.39 is 65.8 Å². The van der Waals surface area contributed by atoms with Crippen molar-refractivity contribution in [3.63, 3.8) is 0 Å². The fraction of sp³-hybridized carbons (Fsp3) is 0.583. The zero-order valence-corrected chi connectivity index (χ0v) is 40.9. The number of hydrazine groups is 1. The minimum atomic E-state index is -0.952. The smallest absolute Gasteiger partial charge is 0.426 e. The molecule has 11 N–H and O–H groups in total. The number of primary amides is 1.